The molecule has 0 aromatic heterocycles. The molecule has 3 atom stereocenters. The van der Waals surface area contributed by atoms with Crippen LogP contribution in [-0.4, -0.2) is 61.0 Å². The highest BCUT2D eigenvalue weighted by Crippen LogP contribution is 2.21. The first kappa shape index (κ1) is 18.4. The topological polar surface area (TPSA) is 35.6 Å². The Labute approximate surface area is 131 Å². The molecule has 0 aliphatic carbocycles. The zero-order valence-corrected chi connectivity index (χ0v) is 14.7. The summed E-state index contributed by atoms with van der Waals surface area (Å²) in [5, 5.41) is 3.40. The second-order valence-corrected chi connectivity index (χ2v) is 6.75. The largest absolute Gasteiger partial charge is 0.341 e. The summed E-state index contributed by atoms with van der Waals surface area (Å²) < 4.78 is 0. The lowest BCUT2D eigenvalue weighted by atomic mass is 9.91. The second kappa shape index (κ2) is 9.42. The van der Waals surface area contributed by atoms with Gasteiger partial charge in [0.2, 0.25) is 5.91 Å². The van der Waals surface area contributed by atoms with Crippen molar-refractivity contribution in [3.63, 3.8) is 0 Å². The van der Waals surface area contributed by atoms with Crippen molar-refractivity contribution in [1.29, 1.82) is 0 Å². The van der Waals surface area contributed by atoms with E-state index in [9.17, 15) is 4.79 Å². The SMILES string of the molecule is CCN(CC)CCCNC(C)C(=O)N1CC(C)CC(C)C1. The molecular formula is C17H35N3O. The van der Waals surface area contributed by atoms with Crippen LogP contribution in [0.4, 0.5) is 0 Å². The summed E-state index contributed by atoms with van der Waals surface area (Å²) in [7, 11) is 0. The van der Waals surface area contributed by atoms with E-state index in [1.54, 1.807) is 0 Å². The van der Waals surface area contributed by atoms with Gasteiger partial charge in [-0.15, -0.1) is 0 Å². The minimum Gasteiger partial charge on any atom is -0.341 e. The maximum atomic E-state index is 12.5. The van der Waals surface area contributed by atoms with Gasteiger partial charge in [-0.05, 0) is 57.8 Å². The molecule has 4 heteroatoms. The van der Waals surface area contributed by atoms with Gasteiger partial charge in [-0.2, -0.15) is 0 Å². The molecule has 4 nitrogen and oxygen atoms in total. The third kappa shape index (κ3) is 6.35. The molecule has 1 rings (SSSR count). The summed E-state index contributed by atoms with van der Waals surface area (Å²) in [5.74, 6) is 1.54. The van der Waals surface area contributed by atoms with Crippen molar-refractivity contribution >= 4 is 5.91 Å². The lowest BCUT2D eigenvalue weighted by Gasteiger charge is -2.36. The lowest BCUT2D eigenvalue weighted by molar-refractivity contribution is -0.135. The highest BCUT2D eigenvalue weighted by Gasteiger charge is 2.27. The number of nitrogens with one attached hydrogen (secondary N) is 1. The molecule has 124 valence electrons. The van der Waals surface area contributed by atoms with Crippen LogP contribution in [-0.2, 0) is 4.79 Å². The van der Waals surface area contributed by atoms with Crippen LogP contribution in [0.25, 0.3) is 0 Å². The Kier molecular flexibility index (Phi) is 8.27. The molecule has 0 spiro atoms. The second-order valence-electron chi connectivity index (χ2n) is 6.75. The van der Waals surface area contributed by atoms with Gasteiger partial charge in [-0.3, -0.25) is 4.79 Å². The van der Waals surface area contributed by atoms with Crippen LogP contribution in [0.2, 0.25) is 0 Å². The molecule has 0 saturated carbocycles. The first-order valence-corrected chi connectivity index (χ1v) is 8.72. The predicted octanol–water partition coefficient (Wildman–Crippen LogP) is 2.20. The quantitative estimate of drug-likeness (QED) is 0.698. The van der Waals surface area contributed by atoms with E-state index < -0.39 is 0 Å². The van der Waals surface area contributed by atoms with E-state index in [-0.39, 0.29) is 11.9 Å². The Morgan fingerprint density at radius 3 is 2.33 bits per heavy atom. The number of hydrogen-bond donors (Lipinski definition) is 1. The third-order valence-corrected chi connectivity index (χ3v) is 4.55. The van der Waals surface area contributed by atoms with Crippen molar-refractivity contribution in [1.82, 2.24) is 15.1 Å². The van der Waals surface area contributed by atoms with Crippen molar-refractivity contribution in [3.8, 4) is 0 Å². The standard InChI is InChI=1S/C17H35N3O/c1-6-19(7-2)10-8-9-18-16(5)17(21)20-12-14(3)11-15(4)13-20/h14-16,18H,6-13H2,1-5H3. The summed E-state index contributed by atoms with van der Waals surface area (Å²) in [5.41, 5.74) is 0. The van der Waals surface area contributed by atoms with Gasteiger partial charge >= 0.3 is 0 Å². The number of rotatable bonds is 8. The number of carbonyl (C=O) groups excluding carboxylic acids is 1. The van der Waals surface area contributed by atoms with Crippen LogP contribution >= 0.6 is 0 Å². The molecule has 0 aromatic carbocycles. The molecule has 1 fully saturated rings. The maximum Gasteiger partial charge on any atom is 0.239 e. The first-order chi connectivity index (χ1) is 9.97. The zero-order chi connectivity index (χ0) is 15.8. The Bertz CT molecular complexity index is 294. The molecule has 1 N–H and O–H groups in total. The van der Waals surface area contributed by atoms with Gasteiger partial charge < -0.3 is 15.1 Å². The monoisotopic (exact) mass is 297 g/mol. The lowest BCUT2D eigenvalue weighted by Crippen LogP contribution is -2.50. The summed E-state index contributed by atoms with van der Waals surface area (Å²) in [6.45, 7) is 17.0. The fourth-order valence-electron chi connectivity index (χ4n) is 3.37. The Hall–Kier alpha value is -0.610. The summed E-state index contributed by atoms with van der Waals surface area (Å²) in [6, 6.07) is -0.0563. The Balaban J connectivity index is 2.27. The predicted molar refractivity (Wildman–Crippen MR) is 89.4 cm³/mol. The van der Waals surface area contributed by atoms with E-state index in [2.05, 4.69) is 42.8 Å². The fraction of sp³-hybridized carbons (Fsp3) is 0.941. The van der Waals surface area contributed by atoms with Crippen LogP contribution < -0.4 is 5.32 Å². The van der Waals surface area contributed by atoms with Gasteiger partial charge in [0.1, 0.15) is 0 Å². The minimum atomic E-state index is -0.0563. The third-order valence-electron chi connectivity index (χ3n) is 4.55. The molecule has 1 aliphatic heterocycles. The zero-order valence-electron chi connectivity index (χ0n) is 14.7. The molecular weight excluding hydrogens is 262 g/mol. The molecule has 1 heterocycles. The van der Waals surface area contributed by atoms with Gasteiger partial charge in [-0.25, -0.2) is 0 Å². The van der Waals surface area contributed by atoms with E-state index in [0.29, 0.717) is 11.8 Å². The van der Waals surface area contributed by atoms with Crippen LogP contribution in [0.1, 0.15) is 47.5 Å². The Morgan fingerprint density at radius 2 is 1.81 bits per heavy atom. The number of carbonyl (C=O) groups is 1. The van der Waals surface area contributed by atoms with Gasteiger partial charge in [-0.1, -0.05) is 27.7 Å². The number of piperidine rings is 1. The molecule has 0 radical (unpaired) electrons. The van der Waals surface area contributed by atoms with Gasteiger partial charge in [0.15, 0.2) is 0 Å². The number of likely N-dealkylation sites (tertiary alicyclic amines) is 1. The van der Waals surface area contributed by atoms with E-state index >= 15 is 0 Å². The average molecular weight is 297 g/mol. The molecule has 1 amide bonds. The number of amides is 1. The summed E-state index contributed by atoms with van der Waals surface area (Å²) in [6.07, 6.45) is 2.35. The van der Waals surface area contributed by atoms with Gasteiger partial charge in [0, 0.05) is 13.1 Å². The van der Waals surface area contributed by atoms with Crippen molar-refractivity contribution < 1.29 is 4.79 Å². The van der Waals surface area contributed by atoms with Gasteiger partial charge in [0.25, 0.3) is 0 Å². The molecule has 0 aromatic rings. The van der Waals surface area contributed by atoms with Crippen molar-refractivity contribution in [2.45, 2.75) is 53.5 Å². The molecule has 1 aliphatic rings. The molecule has 21 heavy (non-hydrogen) atoms. The van der Waals surface area contributed by atoms with Crippen LogP contribution in [0.15, 0.2) is 0 Å². The van der Waals surface area contributed by atoms with Crippen molar-refractivity contribution in [2.24, 2.45) is 11.8 Å². The van der Waals surface area contributed by atoms with E-state index in [4.69, 9.17) is 0 Å². The van der Waals surface area contributed by atoms with Crippen LogP contribution in [0.3, 0.4) is 0 Å². The van der Waals surface area contributed by atoms with E-state index in [1.807, 2.05) is 6.92 Å². The van der Waals surface area contributed by atoms with Gasteiger partial charge in [0.05, 0.1) is 6.04 Å². The highest BCUT2D eigenvalue weighted by atomic mass is 16.2. The molecule has 0 bridgehead atoms. The van der Waals surface area contributed by atoms with Crippen LogP contribution in [0, 0.1) is 11.8 Å². The summed E-state index contributed by atoms with van der Waals surface area (Å²) in [4.78, 5) is 17.0. The molecule has 1 saturated heterocycles. The number of hydrogen-bond acceptors (Lipinski definition) is 3. The summed E-state index contributed by atoms with van der Waals surface area (Å²) >= 11 is 0. The maximum absolute atomic E-state index is 12.5. The van der Waals surface area contributed by atoms with E-state index in [0.717, 1.165) is 45.7 Å². The van der Waals surface area contributed by atoms with Crippen LogP contribution in [0.5, 0.6) is 0 Å². The molecule has 3 unspecified atom stereocenters. The first-order valence-electron chi connectivity index (χ1n) is 8.72. The average Bonchev–Trinajstić information content (AvgIpc) is 2.45. The van der Waals surface area contributed by atoms with E-state index in [1.165, 1.54) is 6.42 Å². The van der Waals surface area contributed by atoms with Crippen molar-refractivity contribution in [3.05, 3.63) is 0 Å². The normalized spacial score (nSPS) is 24.4. The van der Waals surface area contributed by atoms with Crippen molar-refractivity contribution in [2.75, 3.05) is 39.3 Å². The number of nitrogens with zero attached hydrogens (tertiary/aromatic N) is 2. The smallest absolute Gasteiger partial charge is 0.239 e. The fourth-order valence-corrected chi connectivity index (χ4v) is 3.37. The highest BCUT2D eigenvalue weighted by molar-refractivity contribution is 5.81. The Morgan fingerprint density at radius 1 is 1.24 bits per heavy atom. The minimum absolute atomic E-state index is 0.0563.